The van der Waals surface area contributed by atoms with Crippen molar-refractivity contribution in [3.05, 3.63) is 0 Å². The van der Waals surface area contributed by atoms with Crippen LogP contribution in [0.5, 0.6) is 0 Å². The summed E-state index contributed by atoms with van der Waals surface area (Å²) < 4.78 is 0.278. The van der Waals surface area contributed by atoms with Gasteiger partial charge in [-0.25, -0.2) is 0 Å². The van der Waals surface area contributed by atoms with Gasteiger partial charge in [-0.1, -0.05) is 6.92 Å². The lowest BCUT2D eigenvalue weighted by atomic mass is 10.1. The molecule has 0 aromatic rings. The summed E-state index contributed by atoms with van der Waals surface area (Å²) in [5.74, 6) is 0. The third kappa shape index (κ3) is 2.67. The Morgan fingerprint density at radius 2 is 2.00 bits per heavy atom. The van der Waals surface area contributed by atoms with Crippen molar-refractivity contribution >= 4 is 11.2 Å². The van der Waals surface area contributed by atoms with Gasteiger partial charge < -0.3 is 0 Å². The van der Waals surface area contributed by atoms with Crippen LogP contribution in [0.4, 0.5) is 0 Å². The van der Waals surface area contributed by atoms with Gasteiger partial charge in [-0.05, 0) is 20.3 Å². The van der Waals surface area contributed by atoms with E-state index in [1.807, 2.05) is 0 Å². The Balaban J connectivity index is 3.66. The molecule has 0 aliphatic heterocycles. The Morgan fingerprint density at radius 3 is 2.00 bits per heavy atom. The van der Waals surface area contributed by atoms with Crippen LogP contribution in [0.2, 0.25) is 0 Å². The minimum absolute atomic E-state index is 0.278. The summed E-state index contributed by atoms with van der Waals surface area (Å²) in [4.78, 5) is 0. The zero-order valence-corrected chi connectivity index (χ0v) is 6.01. The lowest BCUT2D eigenvalue weighted by Gasteiger charge is -2.11. The summed E-state index contributed by atoms with van der Waals surface area (Å²) in [5.41, 5.74) is 5.33. The van der Waals surface area contributed by atoms with E-state index in [2.05, 4.69) is 20.8 Å². The molecule has 0 fully saturated rings. The van der Waals surface area contributed by atoms with Crippen LogP contribution >= 0.6 is 11.2 Å². The summed E-state index contributed by atoms with van der Waals surface area (Å²) in [6, 6.07) is 0. The van der Waals surface area contributed by atoms with Crippen molar-refractivity contribution in [2.45, 2.75) is 31.9 Å². The van der Waals surface area contributed by atoms with Crippen LogP contribution in [0.1, 0.15) is 27.2 Å². The molecule has 0 saturated heterocycles. The quantitative estimate of drug-likeness (QED) is 0.494. The first-order valence-electron chi connectivity index (χ1n) is 2.50. The highest BCUT2D eigenvalue weighted by molar-refractivity contribution is 7.89. The molecule has 0 spiro atoms. The van der Waals surface area contributed by atoms with Crippen molar-refractivity contribution < 1.29 is 0 Å². The Morgan fingerprint density at radius 1 is 1.57 bits per heavy atom. The minimum Gasteiger partial charge on any atom is -0.132 e. The largest absolute Gasteiger partial charge is 0.132 e. The van der Waals surface area contributed by atoms with Gasteiger partial charge in [0.15, 0.2) is 0 Å². The molecule has 0 amide bonds. The van der Waals surface area contributed by atoms with Crippen molar-refractivity contribution in [3.63, 3.8) is 0 Å². The second kappa shape index (κ2) is 2.34. The van der Waals surface area contributed by atoms with Crippen LogP contribution in [0.3, 0.4) is 0 Å². The first kappa shape index (κ1) is 7.00. The van der Waals surface area contributed by atoms with Crippen LogP contribution < -0.4 is 0 Å². The second-order valence-corrected chi connectivity index (χ2v) is 3.57. The van der Waals surface area contributed by atoms with Crippen molar-refractivity contribution in [1.82, 2.24) is 0 Å². The van der Waals surface area contributed by atoms with E-state index in [9.17, 15) is 0 Å². The molecule has 0 aromatic carbocycles. The van der Waals surface area contributed by atoms with Crippen LogP contribution in [-0.4, -0.2) is 4.75 Å². The Bertz CT molecular complexity index is 86.8. The monoisotopic (exact) mass is 116 g/mol. The number of hydrogen-bond acceptors (Lipinski definition) is 0. The molecule has 7 heavy (non-hydrogen) atoms. The minimum atomic E-state index is 0.278. The molecule has 42 valence electrons. The fraction of sp³-hybridized carbons (Fsp3) is 0.833. The highest BCUT2D eigenvalue weighted by Crippen LogP contribution is 2.17. The molecule has 0 nitrogen and oxygen atoms in total. The standard InChI is InChI=1S/C6H12S/c1-5-6(2,3)7-4/h4H,5H2,1-3H3. The maximum absolute atomic E-state index is 5.33. The molecular formula is C6H12S. The lowest BCUT2D eigenvalue weighted by Crippen LogP contribution is -2.07. The Kier molecular flexibility index (Phi) is 2.34. The van der Waals surface area contributed by atoms with E-state index >= 15 is 0 Å². The van der Waals surface area contributed by atoms with Crippen LogP contribution in [-0.2, 0) is 0 Å². The molecule has 0 heterocycles. The molecular weight excluding hydrogens is 104 g/mol. The van der Waals surface area contributed by atoms with Gasteiger partial charge in [0.05, 0.1) is 0 Å². The van der Waals surface area contributed by atoms with Crippen LogP contribution in [0.15, 0.2) is 0 Å². The fourth-order valence-electron chi connectivity index (χ4n) is 0.0833. The first-order chi connectivity index (χ1) is 3.12. The van der Waals surface area contributed by atoms with Crippen molar-refractivity contribution in [2.24, 2.45) is 0 Å². The van der Waals surface area contributed by atoms with Crippen molar-refractivity contribution in [2.75, 3.05) is 0 Å². The first-order valence-corrected chi connectivity index (χ1v) is 3.38. The Labute approximate surface area is 49.5 Å². The fourth-order valence-corrected chi connectivity index (χ4v) is 0.250. The van der Waals surface area contributed by atoms with E-state index in [0.717, 1.165) is 6.42 Å². The molecule has 0 radical (unpaired) electrons. The summed E-state index contributed by atoms with van der Waals surface area (Å²) in [7, 11) is 0. The molecule has 0 atom stereocenters. The second-order valence-electron chi connectivity index (χ2n) is 2.23. The third-order valence-corrected chi connectivity index (χ3v) is 2.10. The molecule has 0 rings (SSSR count). The van der Waals surface area contributed by atoms with Gasteiger partial charge >= 0.3 is 0 Å². The van der Waals surface area contributed by atoms with E-state index < -0.39 is 0 Å². The normalized spacial score (nSPS) is 11.1. The number of hydrogen-bond donors (Lipinski definition) is 0. The van der Waals surface area contributed by atoms with Gasteiger partial charge in [-0.15, -0.1) is 16.9 Å². The summed E-state index contributed by atoms with van der Waals surface area (Å²) >= 11 is 1.43. The smallest absolute Gasteiger partial charge is 0.0340 e. The van der Waals surface area contributed by atoms with E-state index in [4.69, 9.17) is 5.69 Å². The average Bonchev–Trinajstić information content (AvgIpc) is 1.68. The van der Waals surface area contributed by atoms with Crippen LogP contribution in [0.25, 0.3) is 0 Å². The molecule has 0 N–H and O–H groups in total. The SMILES string of the molecule is C#SC(C)(C)CC. The van der Waals surface area contributed by atoms with E-state index in [1.165, 1.54) is 11.2 Å². The van der Waals surface area contributed by atoms with Gasteiger partial charge in [-0.3, -0.25) is 0 Å². The highest BCUT2D eigenvalue weighted by atomic mass is 32.1. The van der Waals surface area contributed by atoms with Crippen molar-refractivity contribution in [3.8, 4) is 5.69 Å². The van der Waals surface area contributed by atoms with Gasteiger partial charge in [-0.2, -0.15) is 0 Å². The van der Waals surface area contributed by atoms with Crippen LogP contribution in [0, 0.1) is 5.69 Å². The predicted octanol–water partition coefficient (Wildman–Crippen LogP) is 2.50. The van der Waals surface area contributed by atoms with E-state index in [0.29, 0.717) is 0 Å². The average molecular weight is 116 g/mol. The molecule has 0 saturated carbocycles. The van der Waals surface area contributed by atoms with E-state index in [1.54, 1.807) is 0 Å². The maximum atomic E-state index is 5.33. The maximum Gasteiger partial charge on any atom is 0.0340 e. The molecule has 1 heteroatoms. The van der Waals surface area contributed by atoms with Gasteiger partial charge in [0.2, 0.25) is 0 Å². The topological polar surface area (TPSA) is 0 Å². The number of rotatable bonds is 1. The molecule has 0 bridgehead atoms. The van der Waals surface area contributed by atoms with Gasteiger partial charge in [0, 0.05) is 4.75 Å². The summed E-state index contributed by atoms with van der Waals surface area (Å²) in [6.45, 7) is 6.41. The summed E-state index contributed by atoms with van der Waals surface area (Å²) in [6.07, 6.45) is 1.13. The molecule has 0 aromatic heterocycles. The Hall–Kier alpha value is 0. The zero-order valence-electron chi connectivity index (χ0n) is 5.19. The molecule has 0 aliphatic carbocycles. The van der Waals surface area contributed by atoms with Gasteiger partial charge in [0.1, 0.15) is 0 Å². The lowest BCUT2D eigenvalue weighted by molar-refractivity contribution is 0.690. The molecule has 0 aliphatic rings. The molecule has 0 unspecified atom stereocenters. The van der Waals surface area contributed by atoms with Crippen molar-refractivity contribution in [1.29, 1.82) is 0 Å². The highest BCUT2D eigenvalue weighted by Gasteiger charge is 2.08. The predicted molar refractivity (Wildman–Crippen MR) is 36.9 cm³/mol. The zero-order chi connectivity index (χ0) is 5.91. The van der Waals surface area contributed by atoms with E-state index in [-0.39, 0.29) is 4.75 Å². The third-order valence-electron chi connectivity index (χ3n) is 1.17. The summed E-state index contributed by atoms with van der Waals surface area (Å²) in [5, 5.41) is 0. The van der Waals surface area contributed by atoms with Gasteiger partial charge in [0.25, 0.3) is 0 Å².